The largest absolute Gasteiger partial charge is 0.478 e. The predicted molar refractivity (Wildman–Crippen MR) is 136 cm³/mol. The van der Waals surface area contributed by atoms with Crippen molar-refractivity contribution in [3.05, 3.63) is 12.2 Å². The van der Waals surface area contributed by atoms with Crippen molar-refractivity contribution in [3.8, 4) is 0 Å². The number of carbonyl (C=O) groups excluding carboxylic acids is 5. The van der Waals surface area contributed by atoms with Gasteiger partial charge in [-0.1, -0.05) is 27.7 Å². The lowest BCUT2D eigenvalue weighted by Gasteiger charge is -2.48. The molecule has 1 aliphatic heterocycles. The second-order valence-electron chi connectivity index (χ2n) is 9.27. The molecule has 1 aliphatic rings. The molecule has 0 aromatic rings. The standard InChI is InChI=1S/C27H40O13/c1-6-10-19(30)35-16-17-24(36-20(31)11-7-2)25(37-21(32)12-8-3)26(38-22(33)13-9-4)27(5,39-17)40-23(34)15-14-18(28)29/h14-15,17,24-26H,6-13,16H2,1-5H3,(H,28,29)/b15-14+/t17-,24-,25+,26+,27-/m1/s1. The first-order valence-electron chi connectivity index (χ1n) is 13.5. The Morgan fingerprint density at radius 1 is 0.725 bits per heavy atom. The minimum absolute atomic E-state index is 0.000987. The average Bonchev–Trinajstić information content (AvgIpc) is 2.86. The Labute approximate surface area is 233 Å². The third kappa shape index (κ3) is 11.3. The van der Waals surface area contributed by atoms with Gasteiger partial charge in [0.15, 0.2) is 12.2 Å². The molecule has 40 heavy (non-hydrogen) atoms. The molecule has 226 valence electrons. The van der Waals surface area contributed by atoms with Gasteiger partial charge < -0.3 is 33.5 Å². The number of esters is 5. The summed E-state index contributed by atoms with van der Waals surface area (Å²) in [5, 5.41) is 8.87. The van der Waals surface area contributed by atoms with Crippen molar-refractivity contribution >= 4 is 35.8 Å². The van der Waals surface area contributed by atoms with Crippen LogP contribution in [0.2, 0.25) is 0 Å². The minimum atomic E-state index is -2.18. The van der Waals surface area contributed by atoms with Gasteiger partial charge in [-0.25, -0.2) is 9.59 Å². The van der Waals surface area contributed by atoms with Gasteiger partial charge in [0, 0.05) is 44.8 Å². The zero-order chi connectivity index (χ0) is 30.3. The molecule has 0 radical (unpaired) electrons. The lowest BCUT2D eigenvalue weighted by Crippen LogP contribution is -2.68. The number of hydrogen-bond donors (Lipinski definition) is 1. The third-order valence-electron chi connectivity index (χ3n) is 5.57. The molecule has 1 rings (SSSR count). The van der Waals surface area contributed by atoms with Crippen LogP contribution in [0, 0.1) is 0 Å². The second-order valence-corrected chi connectivity index (χ2v) is 9.27. The van der Waals surface area contributed by atoms with Crippen LogP contribution in [0.5, 0.6) is 0 Å². The summed E-state index contributed by atoms with van der Waals surface area (Å²) in [5.74, 6) is -7.51. The molecule has 1 heterocycles. The molecule has 13 nitrogen and oxygen atoms in total. The molecule has 0 unspecified atom stereocenters. The average molecular weight is 573 g/mol. The van der Waals surface area contributed by atoms with Gasteiger partial charge in [-0.05, 0) is 25.7 Å². The van der Waals surface area contributed by atoms with Gasteiger partial charge in [-0.2, -0.15) is 0 Å². The van der Waals surface area contributed by atoms with E-state index in [9.17, 15) is 28.8 Å². The first kappa shape index (κ1) is 34.5. The Kier molecular flexibility index (Phi) is 14.9. The van der Waals surface area contributed by atoms with Crippen LogP contribution < -0.4 is 0 Å². The first-order valence-corrected chi connectivity index (χ1v) is 13.5. The van der Waals surface area contributed by atoms with Crippen LogP contribution in [-0.4, -0.2) is 77.7 Å². The number of hydrogen-bond acceptors (Lipinski definition) is 12. The van der Waals surface area contributed by atoms with Crippen molar-refractivity contribution in [3.63, 3.8) is 0 Å². The van der Waals surface area contributed by atoms with E-state index >= 15 is 0 Å². The Morgan fingerprint density at radius 3 is 1.70 bits per heavy atom. The van der Waals surface area contributed by atoms with Gasteiger partial charge in [0.25, 0.3) is 5.79 Å². The van der Waals surface area contributed by atoms with Crippen molar-refractivity contribution < 1.29 is 62.3 Å². The van der Waals surface area contributed by atoms with Gasteiger partial charge in [0.05, 0.1) is 0 Å². The van der Waals surface area contributed by atoms with Gasteiger partial charge in [-0.3, -0.25) is 19.2 Å². The summed E-state index contributed by atoms with van der Waals surface area (Å²) >= 11 is 0. The monoisotopic (exact) mass is 572 g/mol. The smallest absolute Gasteiger partial charge is 0.333 e. The summed E-state index contributed by atoms with van der Waals surface area (Å²) in [7, 11) is 0. The third-order valence-corrected chi connectivity index (χ3v) is 5.57. The summed E-state index contributed by atoms with van der Waals surface area (Å²) < 4.78 is 33.6. The van der Waals surface area contributed by atoms with Crippen LogP contribution >= 0.6 is 0 Å². The number of carboxylic acid groups (broad SMARTS) is 1. The molecular weight excluding hydrogens is 532 g/mol. The van der Waals surface area contributed by atoms with Crippen LogP contribution in [0.25, 0.3) is 0 Å². The summed E-state index contributed by atoms with van der Waals surface area (Å²) in [6.45, 7) is 7.71. The maximum absolute atomic E-state index is 12.7. The summed E-state index contributed by atoms with van der Waals surface area (Å²) in [6, 6.07) is 0. The van der Waals surface area contributed by atoms with Crippen LogP contribution in [0.4, 0.5) is 0 Å². The highest BCUT2D eigenvalue weighted by Gasteiger charge is 2.60. The number of rotatable bonds is 16. The van der Waals surface area contributed by atoms with Crippen LogP contribution in [0.15, 0.2) is 12.2 Å². The SMILES string of the molecule is CCCC(=O)OC[C@H]1O[C@](C)(OC(=O)/C=C/C(=O)O)[C@@H](OC(=O)CCC)[C@@H](OC(=O)CCC)[C@@H]1OC(=O)CCC. The quantitative estimate of drug-likeness (QED) is 0.162. The molecule has 0 bridgehead atoms. The molecule has 0 aromatic heterocycles. The Hall–Kier alpha value is -3.48. The molecular formula is C27H40O13. The number of ether oxygens (including phenoxy) is 6. The van der Waals surface area contributed by atoms with Gasteiger partial charge in [-0.15, -0.1) is 0 Å². The van der Waals surface area contributed by atoms with Crippen molar-refractivity contribution in [1.82, 2.24) is 0 Å². The topological polar surface area (TPSA) is 178 Å². The lowest BCUT2D eigenvalue weighted by molar-refractivity contribution is -0.346. The highest BCUT2D eigenvalue weighted by atomic mass is 16.8. The van der Waals surface area contributed by atoms with Crippen molar-refractivity contribution in [2.24, 2.45) is 0 Å². The minimum Gasteiger partial charge on any atom is -0.478 e. The highest BCUT2D eigenvalue weighted by molar-refractivity contribution is 5.91. The fourth-order valence-corrected chi connectivity index (χ4v) is 3.83. The first-order chi connectivity index (χ1) is 18.9. The van der Waals surface area contributed by atoms with E-state index in [0.29, 0.717) is 37.8 Å². The van der Waals surface area contributed by atoms with E-state index in [1.165, 1.54) is 6.92 Å². The van der Waals surface area contributed by atoms with E-state index < -0.39 is 72.6 Å². The normalized spacial score (nSPS) is 24.1. The van der Waals surface area contributed by atoms with Crippen molar-refractivity contribution in [2.45, 2.75) is 116 Å². The van der Waals surface area contributed by atoms with Crippen molar-refractivity contribution in [1.29, 1.82) is 0 Å². The van der Waals surface area contributed by atoms with E-state index in [0.717, 1.165) is 0 Å². The van der Waals surface area contributed by atoms with Crippen LogP contribution in [0.3, 0.4) is 0 Å². The number of carbonyl (C=O) groups is 6. The fraction of sp³-hybridized carbons (Fsp3) is 0.704. The molecule has 1 saturated heterocycles. The van der Waals surface area contributed by atoms with Crippen LogP contribution in [0.1, 0.15) is 86.0 Å². The maximum Gasteiger partial charge on any atom is 0.333 e. The maximum atomic E-state index is 12.7. The van der Waals surface area contributed by atoms with Gasteiger partial charge in [0.2, 0.25) is 6.10 Å². The van der Waals surface area contributed by atoms with E-state index in [2.05, 4.69) is 0 Å². The van der Waals surface area contributed by atoms with E-state index in [4.69, 9.17) is 33.5 Å². The second kappa shape index (κ2) is 17.3. The molecule has 13 heteroatoms. The predicted octanol–water partition coefficient (Wildman–Crippen LogP) is 2.76. The van der Waals surface area contributed by atoms with Crippen LogP contribution in [-0.2, 0) is 57.2 Å². The Morgan fingerprint density at radius 2 is 1.20 bits per heavy atom. The molecule has 1 fully saturated rings. The molecule has 0 amide bonds. The van der Waals surface area contributed by atoms with Gasteiger partial charge >= 0.3 is 35.8 Å². The number of aliphatic carboxylic acids is 1. The van der Waals surface area contributed by atoms with E-state index in [-0.39, 0.29) is 25.7 Å². The lowest BCUT2D eigenvalue weighted by atomic mass is 9.92. The molecule has 0 aliphatic carbocycles. The zero-order valence-corrected chi connectivity index (χ0v) is 23.7. The summed E-state index contributed by atoms with van der Waals surface area (Å²) in [6.07, 6.45) is -3.03. The van der Waals surface area contributed by atoms with E-state index in [1.807, 2.05) is 0 Å². The Balaban J connectivity index is 3.64. The zero-order valence-electron chi connectivity index (χ0n) is 23.7. The van der Waals surface area contributed by atoms with Crippen molar-refractivity contribution in [2.75, 3.05) is 6.61 Å². The summed E-state index contributed by atoms with van der Waals surface area (Å²) in [4.78, 5) is 73.5. The molecule has 5 atom stereocenters. The Bertz CT molecular complexity index is 927. The highest BCUT2D eigenvalue weighted by Crippen LogP contribution is 2.37. The summed E-state index contributed by atoms with van der Waals surface area (Å²) in [5.41, 5.74) is 0. The van der Waals surface area contributed by atoms with Gasteiger partial charge in [0.1, 0.15) is 12.7 Å². The van der Waals surface area contributed by atoms with E-state index in [1.54, 1.807) is 27.7 Å². The molecule has 1 N–H and O–H groups in total. The molecule has 0 aromatic carbocycles. The molecule has 0 spiro atoms. The fourth-order valence-electron chi connectivity index (χ4n) is 3.83. The molecule has 0 saturated carbocycles. The number of carboxylic acids is 1.